The first-order chi connectivity index (χ1) is 8.32. The molecule has 3 N–H and O–H groups in total. The van der Waals surface area contributed by atoms with Gasteiger partial charge in [0, 0.05) is 18.2 Å². The monoisotopic (exact) mass is 252 g/mol. The highest BCUT2D eigenvalue weighted by molar-refractivity contribution is 5.65. The molecule has 0 spiro atoms. The Balaban J connectivity index is 2.85. The van der Waals surface area contributed by atoms with Gasteiger partial charge in [0.15, 0.2) is 0 Å². The summed E-state index contributed by atoms with van der Waals surface area (Å²) in [4.78, 5) is 15.1. The fourth-order valence-corrected chi connectivity index (χ4v) is 1.66. The smallest absolute Gasteiger partial charge is 0.404 e. The van der Waals surface area contributed by atoms with Gasteiger partial charge in [-0.3, -0.25) is 4.98 Å². The fraction of sp³-hybridized carbons (Fsp3) is 0.538. The van der Waals surface area contributed by atoms with E-state index in [1.807, 2.05) is 32.9 Å². The van der Waals surface area contributed by atoms with E-state index in [-0.39, 0.29) is 18.1 Å². The van der Waals surface area contributed by atoms with Crippen LogP contribution in [0.5, 0.6) is 0 Å². The molecule has 0 radical (unpaired) electrons. The van der Waals surface area contributed by atoms with Crippen LogP contribution in [0, 0.1) is 5.41 Å². The Morgan fingerprint density at radius 1 is 1.39 bits per heavy atom. The van der Waals surface area contributed by atoms with Crippen LogP contribution in [0.2, 0.25) is 0 Å². The molecular formula is C13H20N2O3. The first-order valence-corrected chi connectivity index (χ1v) is 5.88. The molecule has 0 saturated heterocycles. The molecule has 18 heavy (non-hydrogen) atoms. The lowest BCUT2D eigenvalue weighted by Gasteiger charge is -2.30. The predicted molar refractivity (Wildman–Crippen MR) is 68.3 cm³/mol. The summed E-state index contributed by atoms with van der Waals surface area (Å²) in [6.07, 6.45) is -0.530. The van der Waals surface area contributed by atoms with Crippen molar-refractivity contribution in [2.75, 3.05) is 0 Å². The zero-order valence-corrected chi connectivity index (χ0v) is 11.0. The van der Waals surface area contributed by atoms with Crippen LogP contribution in [0.15, 0.2) is 18.2 Å². The SMILES string of the molecule is CC(C)(C)C(Cc1cccc(CO)n1)NC(=O)O. The van der Waals surface area contributed by atoms with E-state index in [4.69, 9.17) is 10.2 Å². The Morgan fingerprint density at radius 2 is 2.00 bits per heavy atom. The summed E-state index contributed by atoms with van der Waals surface area (Å²) in [5.41, 5.74) is 1.17. The Morgan fingerprint density at radius 3 is 2.50 bits per heavy atom. The van der Waals surface area contributed by atoms with Gasteiger partial charge in [0.2, 0.25) is 0 Å². The highest BCUT2D eigenvalue weighted by atomic mass is 16.4. The Kier molecular flexibility index (Phi) is 4.67. The van der Waals surface area contributed by atoms with E-state index < -0.39 is 6.09 Å². The number of amides is 1. The minimum Gasteiger partial charge on any atom is -0.465 e. The number of nitrogens with one attached hydrogen (secondary N) is 1. The molecule has 0 saturated carbocycles. The molecule has 0 aliphatic heterocycles. The fourth-order valence-electron chi connectivity index (χ4n) is 1.66. The minimum atomic E-state index is -1.03. The van der Waals surface area contributed by atoms with E-state index in [2.05, 4.69) is 10.3 Å². The van der Waals surface area contributed by atoms with E-state index in [0.29, 0.717) is 12.1 Å². The van der Waals surface area contributed by atoms with Crippen molar-refractivity contribution in [2.24, 2.45) is 5.41 Å². The van der Waals surface area contributed by atoms with Gasteiger partial charge < -0.3 is 15.5 Å². The number of aliphatic hydroxyl groups excluding tert-OH is 1. The van der Waals surface area contributed by atoms with Crippen molar-refractivity contribution in [1.82, 2.24) is 10.3 Å². The number of carbonyl (C=O) groups is 1. The number of carboxylic acid groups (broad SMARTS) is 1. The third kappa shape index (κ3) is 4.33. The molecule has 1 aromatic rings. The summed E-state index contributed by atoms with van der Waals surface area (Å²) in [6.45, 7) is 5.82. The molecule has 5 heteroatoms. The summed E-state index contributed by atoms with van der Waals surface area (Å²) in [5.74, 6) is 0. The Labute approximate surface area is 107 Å². The highest BCUT2D eigenvalue weighted by Crippen LogP contribution is 2.22. The molecule has 0 aliphatic carbocycles. The van der Waals surface area contributed by atoms with Crippen LogP contribution in [-0.4, -0.2) is 27.3 Å². The van der Waals surface area contributed by atoms with Crippen molar-refractivity contribution in [3.63, 3.8) is 0 Å². The largest absolute Gasteiger partial charge is 0.465 e. The van der Waals surface area contributed by atoms with Gasteiger partial charge in [-0.15, -0.1) is 0 Å². The van der Waals surface area contributed by atoms with Crippen LogP contribution in [0.25, 0.3) is 0 Å². The second-order valence-electron chi connectivity index (χ2n) is 5.35. The second kappa shape index (κ2) is 5.82. The lowest BCUT2D eigenvalue weighted by molar-refractivity contribution is 0.174. The molecular weight excluding hydrogens is 232 g/mol. The zero-order valence-electron chi connectivity index (χ0n) is 11.0. The average Bonchev–Trinajstić information content (AvgIpc) is 2.26. The molecule has 1 aromatic heterocycles. The number of aliphatic hydroxyl groups is 1. The molecule has 1 heterocycles. The van der Waals surface area contributed by atoms with Crippen molar-refractivity contribution >= 4 is 6.09 Å². The van der Waals surface area contributed by atoms with Crippen molar-refractivity contribution in [1.29, 1.82) is 0 Å². The third-order valence-electron chi connectivity index (χ3n) is 2.78. The van der Waals surface area contributed by atoms with Crippen molar-refractivity contribution in [3.8, 4) is 0 Å². The predicted octanol–water partition coefficient (Wildman–Crippen LogP) is 1.80. The molecule has 5 nitrogen and oxygen atoms in total. The Hall–Kier alpha value is -1.62. The van der Waals surface area contributed by atoms with Gasteiger partial charge in [0.25, 0.3) is 0 Å². The van der Waals surface area contributed by atoms with Crippen LogP contribution in [0.1, 0.15) is 32.2 Å². The topological polar surface area (TPSA) is 82.5 Å². The van der Waals surface area contributed by atoms with Gasteiger partial charge in [0.1, 0.15) is 0 Å². The van der Waals surface area contributed by atoms with Gasteiger partial charge in [-0.1, -0.05) is 26.8 Å². The maximum atomic E-state index is 10.8. The highest BCUT2D eigenvalue weighted by Gasteiger charge is 2.26. The molecule has 1 amide bonds. The number of hydrogen-bond acceptors (Lipinski definition) is 3. The molecule has 100 valence electrons. The number of pyridine rings is 1. The molecule has 0 aliphatic rings. The summed E-state index contributed by atoms with van der Waals surface area (Å²) >= 11 is 0. The van der Waals surface area contributed by atoms with Crippen LogP contribution < -0.4 is 5.32 Å². The summed E-state index contributed by atoms with van der Waals surface area (Å²) < 4.78 is 0. The quantitative estimate of drug-likeness (QED) is 0.763. The summed E-state index contributed by atoms with van der Waals surface area (Å²) in [5, 5.41) is 20.4. The van der Waals surface area contributed by atoms with Gasteiger partial charge in [0.05, 0.1) is 12.3 Å². The summed E-state index contributed by atoms with van der Waals surface area (Å²) in [7, 11) is 0. The number of nitrogens with zero attached hydrogens (tertiary/aromatic N) is 1. The first-order valence-electron chi connectivity index (χ1n) is 5.88. The van der Waals surface area contributed by atoms with Crippen LogP contribution in [-0.2, 0) is 13.0 Å². The molecule has 1 unspecified atom stereocenters. The third-order valence-corrected chi connectivity index (χ3v) is 2.78. The number of aromatic nitrogens is 1. The molecule has 0 bridgehead atoms. The van der Waals surface area contributed by atoms with Gasteiger partial charge in [-0.05, 0) is 17.5 Å². The lowest BCUT2D eigenvalue weighted by atomic mass is 9.84. The van der Waals surface area contributed by atoms with E-state index in [9.17, 15) is 4.79 Å². The molecule has 1 rings (SSSR count). The average molecular weight is 252 g/mol. The minimum absolute atomic E-state index is 0.111. The van der Waals surface area contributed by atoms with Gasteiger partial charge in [-0.25, -0.2) is 4.79 Å². The van der Waals surface area contributed by atoms with E-state index in [1.165, 1.54) is 0 Å². The normalized spacial score (nSPS) is 13.1. The van der Waals surface area contributed by atoms with Crippen molar-refractivity contribution < 1.29 is 15.0 Å². The van der Waals surface area contributed by atoms with Crippen LogP contribution in [0.3, 0.4) is 0 Å². The second-order valence-corrected chi connectivity index (χ2v) is 5.35. The first kappa shape index (κ1) is 14.4. The van der Waals surface area contributed by atoms with Gasteiger partial charge >= 0.3 is 6.09 Å². The van der Waals surface area contributed by atoms with Crippen molar-refractivity contribution in [3.05, 3.63) is 29.6 Å². The van der Waals surface area contributed by atoms with Crippen LogP contribution in [0.4, 0.5) is 4.79 Å². The molecule has 1 atom stereocenters. The lowest BCUT2D eigenvalue weighted by Crippen LogP contribution is -2.44. The van der Waals surface area contributed by atoms with Crippen molar-refractivity contribution in [2.45, 2.75) is 39.8 Å². The number of hydrogen-bond donors (Lipinski definition) is 3. The van der Waals surface area contributed by atoms with E-state index in [1.54, 1.807) is 6.07 Å². The maximum Gasteiger partial charge on any atom is 0.404 e. The Bertz CT molecular complexity index is 413. The standard InChI is InChI=1S/C13H20N2O3/c1-13(2,3)11(15-12(17)18)7-9-5-4-6-10(8-16)14-9/h4-6,11,15-16H,7-8H2,1-3H3,(H,17,18). The van der Waals surface area contributed by atoms with E-state index >= 15 is 0 Å². The summed E-state index contributed by atoms with van der Waals surface area (Å²) in [6, 6.07) is 5.16. The van der Waals surface area contributed by atoms with Gasteiger partial charge in [-0.2, -0.15) is 0 Å². The van der Waals surface area contributed by atoms with E-state index in [0.717, 1.165) is 5.69 Å². The van der Waals surface area contributed by atoms with Crippen LogP contribution >= 0.6 is 0 Å². The zero-order chi connectivity index (χ0) is 13.8. The number of rotatable bonds is 4. The maximum absolute atomic E-state index is 10.8. The molecule has 0 fully saturated rings. The molecule has 0 aromatic carbocycles.